The van der Waals surface area contributed by atoms with Crippen molar-refractivity contribution in [3.8, 4) is 0 Å². The first-order valence-corrected chi connectivity index (χ1v) is 6.98. The van der Waals surface area contributed by atoms with Crippen LogP contribution in [-0.2, 0) is 28.2 Å². The lowest BCUT2D eigenvalue weighted by atomic mass is 10.2. The SMILES string of the molecule is Nc1nc(C[S+]=O)nc2c1NCN2Cc1cccnc1. The Labute approximate surface area is 119 Å². The minimum absolute atomic E-state index is 0.207. The molecule has 0 saturated heterocycles. The van der Waals surface area contributed by atoms with Gasteiger partial charge in [-0.25, -0.2) is 9.97 Å². The highest BCUT2D eigenvalue weighted by atomic mass is 32.1. The normalized spacial score (nSPS) is 12.9. The summed E-state index contributed by atoms with van der Waals surface area (Å²) >= 11 is 0.435. The molecule has 0 aromatic carbocycles. The van der Waals surface area contributed by atoms with Gasteiger partial charge in [0.1, 0.15) is 5.69 Å². The summed E-state index contributed by atoms with van der Waals surface area (Å²) in [6.07, 6.45) is 3.56. The highest BCUT2D eigenvalue weighted by Crippen LogP contribution is 2.34. The van der Waals surface area contributed by atoms with Crippen LogP contribution in [0.2, 0.25) is 0 Å². The van der Waals surface area contributed by atoms with Gasteiger partial charge in [-0.3, -0.25) is 4.98 Å². The molecule has 0 radical (unpaired) electrons. The lowest BCUT2D eigenvalue weighted by Crippen LogP contribution is -2.23. The largest absolute Gasteiger partial charge is 0.467 e. The third-order valence-electron chi connectivity index (χ3n) is 2.99. The van der Waals surface area contributed by atoms with Crippen molar-refractivity contribution >= 4 is 29.0 Å². The van der Waals surface area contributed by atoms with Gasteiger partial charge >= 0.3 is 11.7 Å². The van der Waals surface area contributed by atoms with Gasteiger partial charge in [0, 0.05) is 23.1 Å². The molecule has 20 heavy (non-hydrogen) atoms. The molecular formula is C12H13N6OS+. The summed E-state index contributed by atoms with van der Waals surface area (Å²) < 4.78 is 10.6. The smallest absolute Gasteiger partial charge is 0.382 e. The van der Waals surface area contributed by atoms with E-state index in [0.717, 1.165) is 17.1 Å². The summed E-state index contributed by atoms with van der Waals surface area (Å²) in [7, 11) is 0. The van der Waals surface area contributed by atoms with Crippen molar-refractivity contribution in [1.82, 2.24) is 15.0 Å². The maximum absolute atomic E-state index is 10.6. The Hall–Kier alpha value is -2.35. The monoisotopic (exact) mass is 289 g/mol. The molecule has 1 aliphatic heterocycles. The van der Waals surface area contributed by atoms with Crippen molar-refractivity contribution in [1.29, 1.82) is 0 Å². The average molecular weight is 289 g/mol. The van der Waals surface area contributed by atoms with Gasteiger partial charge in [-0.05, 0) is 11.6 Å². The number of hydrogen-bond donors (Lipinski definition) is 2. The molecule has 0 spiro atoms. The highest BCUT2D eigenvalue weighted by Gasteiger charge is 2.25. The van der Waals surface area contributed by atoms with Gasteiger partial charge in [0.05, 0.1) is 6.67 Å². The van der Waals surface area contributed by atoms with E-state index in [1.165, 1.54) is 0 Å². The van der Waals surface area contributed by atoms with E-state index in [4.69, 9.17) is 5.73 Å². The standard InChI is InChI=1S/C12H13N6OS/c13-11-10-12(17-9(16-11)6-20-19)18(7-15-10)5-8-2-1-3-14-4-8/h1-4,15H,5-7H2,(H2,13,16,17)/q+1. The van der Waals surface area contributed by atoms with Gasteiger partial charge in [-0.15, -0.1) is 0 Å². The van der Waals surface area contributed by atoms with Gasteiger partial charge < -0.3 is 16.0 Å². The average Bonchev–Trinajstić information content (AvgIpc) is 2.84. The number of nitrogens with zero attached hydrogens (tertiary/aromatic N) is 4. The molecule has 2 aromatic rings. The summed E-state index contributed by atoms with van der Waals surface area (Å²) in [5.74, 6) is 1.79. The van der Waals surface area contributed by atoms with Crippen LogP contribution in [0.15, 0.2) is 24.5 Å². The molecule has 3 heterocycles. The van der Waals surface area contributed by atoms with Crippen LogP contribution >= 0.6 is 0 Å². The zero-order valence-electron chi connectivity index (χ0n) is 10.6. The van der Waals surface area contributed by atoms with Crippen molar-refractivity contribution in [2.75, 3.05) is 22.6 Å². The summed E-state index contributed by atoms with van der Waals surface area (Å²) in [6, 6.07) is 3.90. The molecule has 1 aliphatic rings. The van der Waals surface area contributed by atoms with Gasteiger partial charge in [-0.1, -0.05) is 6.07 Å². The van der Waals surface area contributed by atoms with Crippen LogP contribution in [0.1, 0.15) is 11.4 Å². The summed E-state index contributed by atoms with van der Waals surface area (Å²) in [5.41, 5.74) is 7.71. The second kappa shape index (κ2) is 5.33. The Kier molecular flexibility index (Phi) is 3.38. The molecule has 0 bridgehead atoms. The third kappa shape index (κ3) is 2.37. The van der Waals surface area contributed by atoms with Gasteiger partial charge in [0.15, 0.2) is 17.5 Å². The van der Waals surface area contributed by atoms with Crippen LogP contribution in [0.3, 0.4) is 0 Å². The predicted molar refractivity (Wildman–Crippen MR) is 77.1 cm³/mol. The van der Waals surface area contributed by atoms with Crippen LogP contribution in [-0.4, -0.2) is 21.6 Å². The number of pyridine rings is 1. The van der Waals surface area contributed by atoms with Crippen LogP contribution < -0.4 is 16.0 Å². The van der Waals surface area contributed by atoms with Crippen LogP contribution in [0.25, 0.3) is 0 Å². The Bertz CT molecular complexity index is 635. The van der Waals surface area contributed by atoms with Crippen LogP contribution in [0.5, 0.6) is 0 Å². The second-order valence-electron chi connectivity index (χ2n) is 4.38. The first-order chi connectivity index (χ1) is 9.78. The summed E-state index contributed by atoms with van der Waals surface area (Å²) in [6.45, 7) is 1.28. The molecule has 0 amide bonds. The van der Waals surface area contributed by atoms with E-state index in [-0.39, 0.29) is 5.75 Å². The maximum atomic E-state index is 10.6. The maximum Gasteiger partial charge on any atom is 0.467 e. The molecule has 0 fully saturated rings. The lowest BCUT2D eigenvalue weighted by Gasteiger charge is -2.16. The third-order valence-corrected chi connectivity index (χ3v) is 3.37. The molecular weight excluding hydrogens is 276 g/mol. The Morgan fingerprint density at radius 2 is 2.35 bits per heavy atom. The fraction of sp³-hybridized carbons (Fsp3) is 0.250. The van der Waals surface area contributed by atoms with Gasteiger partial charge in [0.2, 0.25) is 0 Å². The van der Waals surface area contributed by atoms with E-state index in [1.54, 1.807) is 6.20 Å². The lowest BCUT2D eigenvalue weighted by molar-refractivity contribution is 0.604. The Balaban J connectivity index is 1.90. The van der Waals surface area contributed by atoms with E-state index in [1.807, 2.05) is 23.2 Å². The van der Waals surface area contributed by atoms with Crippen molar-refractivity contribution in [3.63, 3.8) is 0 Å². The Morgan fingerprint density at radius 3 is 3.10 bits per heavy atom. The summed E-state index contributed by atoms with van der Waals surface area (Å²) in [5, 5.41) is 3.18. The molecule has 0 aliphatic carbocycles. The molecule has 8 heteroatoms. The fourth-order valence-electron chi connectivity index (χ4n) is 2.12. The first-order valence-electron chi connectivity index (χ1n) is 6.07. The van der Waals surface area contributed by atoms with Crippen LogP contribution in [0.4, 0.5) is 17.3 Å². The minimum Gasteiger partial charge on any atom is -0.382 e. The Morgan fingerprint density at radius 1 is 1.45 bits per heavy atom. The molecule has 3 N–H and O–H groups in total. The van der Waals surface area contributed by atoms with Gasteiger partial charge in [-0.2, -0.15) is 0 Å². The minimum atomic E-state index is 0.207. The van der Waals surface area contributed by atoms with Crippen molar-refractivity contribution < 1.29 is 4.21 Å². The van der Waals surface area contributed by atoms with E-state index in [2.05, 4.69) is 20.3 Å². The topological polar surface area (TPSA) is 97.0 Å². The van der Waals surface area contributed by atoms with Crippen molar-refractivity contribution in [2.45, 2.75) is 12.3 Å². The molecule has 0 unspecified atom stereocenters. The number of fused-ring (bicyclic) bond motifs is 1. The molecule has 102 valence electrons. The molecule has 3 rings (SSSR count). The van der Waals surface area contributed by atoms with E-state index in [9.17, 15) is 4.21 Å². The number of anilines is 3. The zero-order valence-corrected chi connectivity index (χ0v) is 11.4. The van der Waals surface area contributed by atoms with E-state index >= 15 is 0 Å². The highest BCUT2D eigenvalue weighted by molar-refractivity contribution is 7.64. The number of rotatable bonds is 4. The van der Waals surface area contributed by atoms with Crippen molar-refractivity contribution in [3.05, 3.63) is 35.9 Å². The van der Waals surface area contributed by atoms with E-state index < -0.39 is 0 Å². The number of nitrogens with two attached hydrogens (primary N) is 1. The molecule has 2 aromatic heterocycles. The van der Waals surface area contributed by atoms with Gasteiger partial charge in [0.25, 0.3) is 5.75 Å². The zero-order chi connectivity index (χ0) is 13.9. The number of hydrogen-bond acceptors (Lipinski definition) is 7. The fourth-order valence-corrected chi connectivity index (χ4v) is 2.36. The van der Waals surface area contributed by atoms with Crippen molar-refractivity contribution in [2.24, 2.45) is 0 Å². The molecule has 0 atom stereocenters. The molecule has 0 saturated carbocycles. The van der Waals surface area contributed by atoms with E-state index in [0.29, 0.717) is 36.5 Å². The number of nitrogen functional groups attached to an aromatic ring is 1. The second-order valence-corrected chi connectivity index (χ2v) is 4.90. The summed E-state index contributed by atoms with van der Waals surface area (Å²) in [4.78, 5) is 14.7. The first kappa shape index (κ1) is 12.7. The predicted octanol–water partition coefficient (Wildman–Crippen LogP) is 0.771. The quantitative estimate of drug-likeness (QED) is 0.802. The van der Waals surface area contributed by atoms with Crippen LogP contribution in [0, 0.1) is 0 Å². The number of aromatic nitrogens is 3. The number of nitrogens with one attached hydrogen (secondary N) is 1. The molecule has 7 nitrogen and oxygen atoms in total.